The predicted octanol–water partition coefficient (Wildman–Crippen LogP) is -2.94. The summed E-state index contributed by atoms with van der Waals surface area (Å²) in [6, 6.07) is -3.91. The van der Waals surface area contributed by atoms with Crippen LogP contribution in [-0.4, -0.2) is 77.0 Å². The van der Waals surface area contributed by atoms with Crippen molar-refractivity contribution in [3.8, 4) is 0 Å². The number of nitrogens with one attached hydrogen (secondary N) is 3. The van der Waals surface area contributed by atoms with Gasteiger partial charge in [-0.1, -0.05) is 20.3 Å². The molecule has 0 fully saturated rings. The molecule has 11 N–H and O–H groups in total. The van der Waals surface area contributed by atoms with Gasteiger partial charge in [-0.05, 0) is 18.8 Å². The van der Waals surface area contributed by atoms with E-state index in [2.05, 4.69) is 20.9 Å². The number of nitrogens with two attached hydrogens (primary N) is 3. The lowest BCUT2D eigenvalue weighted by Gasteiger charge is -2.27. The van der Waals surface area contributed by atoms with Crippen LogP contribution in [0.25, 0.3) is 0 Å². The molecule has 0 radical (unpaired) electrons. The Labute approximate surface area is 185 Å². The molecular weight excluding hydrogens is 426 g/mol. The molecule has 0 saturated heterocycles. The summed E-state index contributed by atoms with van der Waals surface area (Å²) in [6.07, 6.45) is -0.0519. The molecule has 4 unspecified atom stereocenters. The minimum absolute atomic E-state index is 0.0197. The van der Waals surface area contributed by atoms with Gasteiger partial charge in [-0.3, -0.25) is 24.2 Å². The Hall–Kier alpha value is -3.42. The summed E-state index contributed by atoms with van der Waals surface area (Å²) in [7, 11) is 0. The van der Waals surface area contributed by atoms with Gasteiger partial charge in [0, 0.05) is 6.54 Å². The zero-order chi connectivity index (χ0) is 24.8. The maximum Gasteiger partial charge on any atom is 0.326 e. The van der Waals surface area contributed by atoms with Crippen molar-refractivity contribution in [1.29, 1.82) is 0 Å². The van der Waals surface area contributed by atoms with E-state index in [1.165, 1.54) is 0 Å². The summed E-state index contributed by atoms with van der Waals surface area (Å²) < 4.78 is 0. The lowest BCUT2D eigenvalue weighted by Crippen LogP contribution is -2.57. The number of hydrogen-bond acceptors (Lipinski definition) is 7. The number of aliphatic imine (C=N–C) groups is 1. The van der Waals surface area contributed by atoms with Crippen LogP contribution in [0.4, 0.5) is 0 Å². The Balaban J connectivity index is 5.55. The molecule has 14 nitrogen and oxygen atoms in total. The smallest absolute Gasteiger partial charge is 0.326 e. The van der Waals surface area contributed by atoms with E-state index >= 15 is 0 Å². The first-order valence-corrected chi connectivity index (χ1v) is 10.0. The van der Waals surface area contributed by atoms with E-state index in [1.807, 2.05) is 6.92 Å². The first-order valence-electron chi connectivity index (χ1n) is 10.0. The van der Waals surface area contributed by atoms with Crippen LogP contribution < -0.4 is 33.2 Å². The lowest BCUT2D eigenvalue weighted by atomic mass is 9.97. The summed E-state index contributed by atoms with van der Waals surface area (Å²) in [4.78, 5) is 63.1. The Morgan fingerprint density at radius 2 is 1.56 bits per heavy atom. The topological polar surface area (TPSA) is 252 Å². The fourth-order valence-corrected chi connectivity index (χ4v) is 2.62. The van der Waals surface area contributed by atoms with Crippen molar-refractivity contribution in [2.24, 2.45) is 28.1 Å². The molecule has 3 amide bonds. The Morgan fingerprint density at radius 1 is 0.969 bits per heavy atom. The quantitative estimate of drug-likeness (QED) is 0.0702. The second-order valence-corrected chi connectivity index (χ2v) is 7.14. The van der Waals surface area contributed by atoms with E-state index in [1.54, 1.807) is 6.92 Å². The highest BCUT2D eigenvalue weighted by atomic mass is 16.4. The molecule has 0 aliphatic carbocycles. The molecule has 0 spiro atoms. The average molecular weight is 460 g/mol. The zero-order valence-corrected chi connectivity index (χ0v) is 18.2. The Bertz CT molecular complexity index is 710. The highest BCUT2D eigenvalue weighted by Gasteiger charge is 2.31. The molecule has 0 saturated carbocycles. The van der Waals surface area contributed by atoms with Gasteiger partial charge < -0.3 is 43.4 Å². The van der Waals surface area contributed by atoms with Gasteiger partial charge in [-0.25, -0.2) is 4.79 Å². The minimum atomic E-state index is -1.69. The van der Waals surface area contributed by atoms with E-state index < -0.39 is 54.2 Å². The van der Waals surface area contributed by atoms with E-state index in [9.17, 15) is 24.0 Å². The number of guanidine groups is 1. The van der Waals surface area contributed by atoms with Crippen molar-refractivity contribution < 1.29 is 34.2 Å². The largest absolute Gasteiger partial charge is 0.481 e. The zero-order valence-electron chi connectivity index (χ0n) is 18.2. The van der Waals surface area contributed by atoms with E-state index in [0.717, 1.165) is 0 Å². The summed E-state index contributed by atoms with van der Waals surface area (Å²) in [5.41, 5.74) is 15.8. The second-order valence-electron chi connectivity index (χ2n) is 7.14. The van der Waals surface area contributed by atoms with Crippen LogP contribution in [0.2, 0.25) is 0 Å². The van der Waals surface area contributed by atoms with Crippen LogP contribution in [0, 0.1) is 5.92 Å². The normalized spacial score (nSPS) is 14.2. The third-order valence-electron chi connectivity index (χ3n) is 4.57. The van der Waals surface area contributed by atoms with Crippen molar-refractivity contribution >= 4 is 35.6 Å². The molecule has 182 valence electrons. The van der Waals surface area contributed by atoms with Crippen LogP contribution in [0.3, 0.4) is 0 Å². The molecule has 0 aromatic rings. The van der Waals surface area contributed by atoms with E-state index in [0.29, 0.717) is 6.42 Å². The maximum atomic E-state index is 12.8. The standard InChI is InChI=1S/C18H33N7O7/c1-3-9(2)14(25-12(26)8-19)16(30)23-10(5-4-6-22-18(20)21)15(29)24-11(17(31)32)7-13(27)28/h9-11,14H,3-8,19H2,1-2H3,(H,23,30)(H,24,29)(H,25,26)(H,27,28)(H,31,32)(H4,20,21,22). The van der Waals surface area contributed by atoms with Crippen molar-refractivity contribution in [1.82, 2.24) is 16.0 Å². The van der Waals surface area contributed by atoms with Gasteiger partial charge in [0.2, 0.25) is 17.7 Å². The summed E-state index contributed by atoms with van der Waals surface area (Å²) in [6.45, 7) is 3.33. The molecule has 0 aliphatic heterocycles. The van der Waals surface area contributed by atoms with Gasteiger partial charge in [-0.2, -0.15) is 0 Å². The number of carbonyl (C=O) groups is 5. The average Bonchev–Trinajstić information content (AvgIpc) is 2.71. The monoisotopic (exact) mass is 459 g/mol. The third kappa shape index (κ3) is 11.1. The minimum Gasteiger partial charge on any atom is -0.481 e. The van der Waals surface area contributed by atoms with Gasteiger partial charge in [0.15, 0.2) is 5.96 Å². The maximum absolute atomic E-state index is 12.8. The lowest BCUT2D eigenvalue weighted by molar-refractivity contribution is -0.147. The SMILES string of the molecule is CCC(C)C(NC(=O)CN)C(=O)NC(CCCN=C(N)N)C(=O)NC(CC(=O)O)C(=O)O. The van der Waals surface area contributed by atoms with Crippen LogP contribution >= 0.6 is 0 Å². The molecule has 0 aromatic carbocycles. The number of nitrogens with zero attached hydrogens (tertiary/aromatic N) is 1. The number of amides is 3. The number of carboxylic acid groups (broad SMARTS) is 2. The molecule has 0 heterocycles. The molecule has 4 atom stereocenters. The van der Waals surface area contributed by atoms with E-state index in [4.69, 9.17) is 27.4 Å². The van der Waals surface area contributed by atoms with Crippen LogP contribution in [0.1, 0.15) is 39.5 Å². The van der Waals surface area contributed by atoms with Crippen LogP contribution in [0.5, 0.6) is 0 Å². The molecule has 0 aromatic heterocycles. The number of hydrogen-bond donors (Lipinski definition) is 8. The molecule has 14 heteroatoms. The van der Waals surface area contributed by atoms with Crippen LogP contribution in [-0.2, 0) is 24.0 Å². The number of carbonyl (C=O) groups excluding carboxylic acids is 3. The third-order valence-corrected chi connectivity index (χ3v) is 4.57. The molecular formula is C18H33N7O7. The summed E-state index contributed by atoms with van der Waals surface area (Å²) in [5, 5.41) is 25.1. The fourth-order valence-electron chi connectivity index (χ4n) is 2.62. The van der Waals surface area contributed by atoms with Gasteiger partial charge in [0.05, 0.1) is 13.0 Å². The van der Waals surface area contributed by atoms with Crippen molar-refractivity contribution in [2.45, 2.75) is 57.7 Å². The van der Waals surface area contributed by atoms with Crippen molar-refractivity contribution in [2.75, 3.05) is 13.1 Å². The Kier molecular flexibility index (Phi) is 13.0. The first kappa shape index (κ1) is 28.6. The first-order chi connectivity index (χ1) is 14.9. The van der Waals surface area contributed by atoms with Crippen molar-refractivity contribution in [3.63, 3.8) is 0 Å². The highest BCUT2D eigenvalue weighted by Crippen LogP contribution is 2.10. The van der Waals surface area contributed by atoms with Crippen molar-refractivity contribution in [3.05, 3.63) is 0 Å². The van der Waals surface area contributed by atoms with Crippen LogP contribution in [0.15, 0.2) is 4.99 Å². The molecule has 32 heavy (non-hydrogen) atoms. The number of rotatable bonds is 15. The highest BCUT2D eigenvalue weighted by molar-refractivity contribution is 5.94. The van der Waals surface area contributed by atoms with Gasteiger partial charge >= 0.3 is 11.9 Å². The molecule has 0 bridgehead atoms. The predicted molar refractivity (Wildman–Crippen MR) is 114 cm³/mol. The number of aliphatic carboxylic acids is 2. The fraction of sp³-hybridized carbons (Fsp3) is 0.667. The Morgan fingerprint density at radius 3 is 2.03 bits per heavy atom. The van der Waals surface area contributed by atoms with Gasteiger partial charge in [0.25, 0.3) is 0 Å². The van der Waals surface area contributed by atoms with E-state index in [-0.39, 0.29) is 37.8 Å². The van der Waals surface area contributed by atoms with Gasteiger partial charge in [0.1, 0.15) is 18.1 Å². The van der Waals surface area contributed by atoms with Gasteiger partial charge in [-0.15, -0.1) is 0 Å². The molecule has 0 aliphatic rings. The number of carboxylic acids is 2. The molecule has 0 rings (SSSR count). The summed E-state index contributed by atoms with van der Waals surface area (Å²) in [5.74, 6) is -5.56. The second kappa shape index (κ2) is 14.6. The summed E-state index contributed by atoms with van der Waals surface area (Å²) >= 11 is 0.